The van der Waals surface area contributed by atoms with Gasteiger partial charge in [0.15, 0.2) is 0 Å². The molecule has 0 saturated carbocycles. The monoisotopic (exact) mass is 445 g/mol. The molecule has 0 atom stereocenters. The quantitative estimate of drug-likeness (QED) is 0.289. The highest BCUT2D eigenvalue weighted by Crippen LogP contribution is 2.18. The van der Waals surface area contributed by atoms with Gasteiger partial charge in [-0.3, -0.25) is 19.7 Å². The Morgan fingerprint density at radius 2 is 1.73 bits per heavy atom. The molecular weight excluding hydrogens is 422 g/mol. The standard InChI is InChI=1S/C25H23N3O5/c1-18(29)26-24(17-20-8-5-9-22(16-20)28(31)32)25(30)27-21-10-12-23(13-11-21)33-15-14-19-6-3-2-4-7-19/h2-13,16-17H,14-15H2,1H3,(H,26,29)(H,27,30)/b24-17-. The van der Waals surface area contributed by atoms with Crippen molar-refractivity contribution < 1.29 is 19.2 Å². The molecule has 0 aromatic heterocycles. The predicted octanol–water partition coefficient (Wildman–Crippen LogP) is 4.33. The minimum Gasteiger partial charge on any atom is -0.493 e. The lowest BCUT2D eigenvalue weighted by Crippen LogP contribution is -2.28. The van der Waals surface area contributed by atoms with E-state index in [1.807, 2.05) is 30.3 Å². The summed E-state index contributed by atoms with van der Waals surface area (Å²) in [5, 5.41) is 16.2. The van der Waals surface area contributed by atoms with E-state index >= 15 is 0 Å². The molecule has 0 spiro atoms. The van der Waals surface area contributed by atoms with E-state index < -0.39 is 16.7 Å². The molecule has 0 unspecified atom stereocenters. The fraction of sp³-hybridized carbons (Fsp3) is 0.120. The van der Waals surface area contributed by atoms with Crippen LogP contribution in [0.3, 0.4) is 0 Å². The number of non-ortho nitro benzene ring substituents is 1. The summed E-state index contributed by atoms with van der Waals surface area (Å²) < 4.78 is 5.74. The van der Waals surface area contributed by atoms with E-state index in [4.69, 9.17) is 4.74 Å². The van der Waals surface area contributed by atoms with Crippen LogP contribution in [0.2, 0.25) is 0 Å². The fourth-order valence-electron chi connectivity index (χ4n) is 3.01. The van der Waals surface area contributed by atoms with Crippen LogP contribution in [0.25, 0.3) is 6.08 Å². The molecular formula is C25H23N3O5. The molecule has 168 valence electrons. The predicted molar refractivity (Wildman–Crippen MR) is 126 cm³/mol. The maximum atomic E-state index is 12.7. The molecule has 0 aliphatic rings. The SMILES string of the molecule is CC(=O)N/C(=C\c1cccc([N+](=O)[O-])c1)C(=O)Nc1ccc(OCCc2ccccc2)cc1. The lowest BCUT2D eigenvalue weighted by Gasteiger charge is -2.11. The van der Waals surface area contributed by atoms with E-state index in [0.717, 1.165) is 6.42 Å². The Balaban J connectivity index is 1.64. The van der Waals surface area contributed by atoms with Crippen LogP contribution in [0.5, 0.6) is 5.75 Å². The van der Waals surface area contributed by atoms with Gasteiger partial charge in [0.1, 0.15) is 11.4 Å². The van der Waals surface area contributed by atoms with Crippen LogP contribution in [0.4, 0.5) is 11.4 Å². The number of anilines is 1. The maximum Gasteiger partial charge on any atom is 0.272 e. The average molecular weight is 445 g/mol. The van der Waals surface area contributed by atoms with E-state index in [0.29, 0.717) is 23.6 Å². The van der Waals surface area contributed by atoms with Gasteiger partial charge < -0.3 is 15.4 Å². The third-order valence-corrected chi connectivity index (χ3v) is 4.56. The van der Waals surface area contributed by atoms with Crippen LogP contribution in [0.15, 0.2) is 84.6 Å². The summed E-state index contributed by atoms with van der Waals surface area (Å²) in [5.74, 6) is -0.336. The van der Waals surface area contributed by atoms with Crippen molar-refractivity contribution in [1.82, 2.24) is 5.32 Å². The first-order valence-corrected chi connectivity index (χ1v) is 10.2. The molecule has 2 amide bonds. The van der Waals surface area contributed by atoms with E-state index in [-0.39, 0.29) is 11.4 Å². The normalized spacial score (nSPS) is 10.9. The molecule has 0 radical (unpaired) electrons. The van der Waals surface area contributed by atoms with E-state index in [2.05, 4.69) is 10.6 Å². The molecule has 0 fully saturated rings. The van der Waals surface area contributed by atoms with Gasteiger partial charge in [-0.25, -0.2) is 0 Å². The van der Waals surface area contributed by atoms with Gasteiger partial charge in [-0.1, -0.05) is 42.5 Å². The second kappa shape index (κ2) is 11.2. The summed E-state index contributed by atoms with van der Waals surface area (Å²) in [4.78, 5) is 34.7. The lowest BCUT2D eigenvalue weighted by atomic mass is 10.1. The van der Waals surface area contributed by atoms with Crippen molar-refractivity contribution in [2.45, 2.75) is 13.3 Å². The Hall–Kier alpha value is -4.46. The topological polar surface area (TPSA) is 111 Å². The molecule has 8 heteroatoms. The van der Waals surface area contributed by atoms with E-state index in [1.165, 1.54) is 36.8 Å². The summed E-state index contributed by atoms with van der Waals surface area (Å²) in [6, 6.07) is 22.6. The maximum absolute atomic E-state index is 12.7. The minimum absolute atomic E-state index is 0.0359. The molecule has 3 rings (SSSR count). The van der Waals surface area contributed by atoms with Crippen molar-refractivity contribution in [3.8, 4) is 5.75 Å². The summed E-state index contributed by atoms with van der Waals surface area (Å²) in [7, 11) is 0. The molecule has 0 aliphatic heterocycles. The van der Waals surface area contributed by atoms with Crippen LogP contribution in [-0.4, -0.2) is 23.3 Å². The van der Waals surface area contributed by atoms with Crippen LogP contribution in [0.1, 0.15) is 18.1 Å². The van der Waals surface area contributed by atoms with Gasteiger partial charge in [0.25, 0.3) is 11.6 Å². The number of nitrogens with one attached hydrogen (secondary N) is 2. The largest absolute Gasteiger partial charge is 0.493 e. The summed E-state index contributed by atoms with van der Waals surface area (Å²) in [6.07, 6.45) is 2.16. The number of nitro groups is 1. The second-order valence-electron chi connectivity index (χ2n) is 7.15. The van der Waals surface area contributed by atoms with Crippen LogP contribution >= 0.6 is 0 Å². The third-order valence-electron chi connectivity index (χ3n) is 4.56. The molecule has 0 aliphatic carbocycles. The number of carbonyl (C=O) groups excluding carboxylic acids is 2. The number of amides is 2. The number of hydrogen-bond acceptors (Lipinski definition) is 5. The van der Waals surface area contributed by atoms with Gasteiger partial charge in [-0.2, -0.15) is 0 Å². The first-order valence-electron chi connectivity index (χ1n) is 10.2. The molecule has 0 bridgehead atoms. The van der Waals surface area contributed by atoms with E-state index in [1.54, 1.807) is 30.3 Å². The van der Waals surface area contributed by atoms with Crippen molar-refractivity contribution in [1.29, 1.82) is 0 Å². The average Bonchev–Trinajstić information content (AvgIpc) is 2.80. The first kappa shape index (κ1) is 23.2. The van der Waals surface area contributed by atoms with Gasteiger partial charge in [-0.15, -0.1) is 0 Å². The molecule has 3 aromatic carbocycles. The van der Waals surface area contributed by atoms with Gasteiger partial charge >= 0.3 is 0 Å². The smallest absolute Gasteiger partial charge is 0.272 e. The summed E-state index contributed by atoms with van der Waals surface area (Å²) in [6.45, 7) is 1.80. The molecule has 0 heterocycles. The Morgan fingerprint density at radius 3 is 2.39 bits per heavy atom. The summed E-state index contributed by atoms with van der Waals surface area (Å²) >= 11 is 0. The van der Waals surface area contributed by atoms with Crippen LogP contribution in [0, 0.1) is 10.1 Å². The lowest BCUT2D eigenvalue weighted by molar-refractivity contribution is -0.384. The Labute approximate surface area is 191 Å². The molecule has 33 heavy (non-hydrogen) atoms. The Kier molecular flexibility index (Phi) is 7.91. The van der Waals surface area contributed by atoms with Gasteiger partial charge in [0, 0.05) is 31.2 Å². The van der Waals surface area contributed by atoms with E-state index in [9.17, 15) is 19.7 Å². The van der Waals surface area contributed by atoms with Crippen molar-refractivity contribution in [2.75, 3.05) is 11.9 Å². The molecule has 2 N–H and O–H groups in total. The number of carbonyl (C=O) groups is 2. The van der Waals surface area contributed by atoms with Gasteiger partial charge in [-0.05, 0) is 41.5 Å². The third kappa shape index (κ3) is 7.32. The number of nitro benzene ring substituents is 1. The highest BCUT2D eigenvalue weighted by atomic mass is 16.6. The molecule has 8 nitrogen and oxygen atoms in total. The summed E-state index contributed by atoms with van der Waals surface area (Å²) in [5.41, 5.74) is 1.94. The number of benzene rings is 3. The van der Waals surface area contributed by atoms with Gasteiger partial charge in [0.2, 0.25) is 5.91 Å². The zero-order valence-electron chi connectivity index (χ0n) is 18.0. The highest BCUT2D eigenvalue weighted by Gasteiger charge is 2.13. The van der Waals surface area contributed by atoms with Crippen molar-refractivity contribution in [3.63, 3.8) is 0 Å². The van der Waals surface area contributed by atoms with Crippen LogP contribution in [-0.2, 0) is 16.0 Å². The zero-order chi connectivity index (χ0) is 23.6. The van der Waals surface area contributed by atoms with Crippen LogP contribution < -0.4 is 15.4 Å². The number of ether oxygens (including phenoxy) is 1. The number of hydrogen-bond donors (Lipinski definition) is 2. The number of rotatable bonds is 9. The number of nitrogens with zero attached hydrogens (tertiary/aromatic N) is 1. The second-order valence-corrected chi connectivity index (χ2v) is 7.15. The van der Waals surface area contributed by atoms with Crippen molar-refractivity contribution in [2.24, 2.45) is 0 Å². The van der Waals surface area contributed by atoms with Crippen molar-refractivity contribution >= 4 is 29.3 Å². The fourth-order valence-corrected chi connectivity index (χ4v) is 3.01. The Morgan fingerprint density at radius 1 is 1.00 bits per heavy atom. The molecule has 3 aromatic rings. The van der Waals surface area contributed by atoms with Gasteiger partial charge in [0.05, 0.1) is 11.5 Å². The highest BCUT2D eigenvalue weighted by molar-refractivity contribution is 6.08. The molecule has 0 saturated heterocycles. The zero-order valence-corrected chi connectivity index (χ0v) is 18.0. The Bertz CT molecular complexity index is 1160. The minimum atomic E-state index is -0.561. The van der Waals surface area contributed by atoms with Crippen molar-refractivity contribution in [3.05, 3.63) is 106 Å². The first-order chi connectivity index (χ1) is 15.9.